The number of aliphatic hydroxyl groups is 1. The predicted molar refractivity (Wildman–Crippen MR) is 256 cm³/mol. The van der Waals surface area contributed by atoms with Crippen LogP contribution in [0.15, 0.2) is 131 Å². The van der Waals surface area contributed by atoms with Crippen LogP contribution in [0.1, 0.15) is 24.7 Å². The monoisotopic (exact) mass is 1090 g/mol. The Morgan fingerprint density at radius 2 is 1.00 bits per heavy atom. The minimum Gasteiger partial charge on any atom is -0.392 e. The number of rotatable bonds is 11. The maximum atomic E-state index is 13.5. The van der Waals surface area contributed by atoms with E-state index in [0.29, 0.717) is 42.1 Å². The molecule has 0 radical (unpaired) electrons. The number of sulfone groups is 2. The summed E-state index contributed by atoms with van der Waals surface area (Å²) in [5.74, 6) is -0.400. The fourth-order valence-electron chi connectivity index (χ4n) is 6.51. The van der Waals surface area contributed by atoms with E-state index in [9.17, 15) is 48.3 Å². The summed E-state index contributed by atoms with van der Waals surface area (Å²) in [5, 5.41) is 18.2. The van der Waals surface area contributed by atoms with Crippen LogP contribution in [0.5, 0.6) is 0 Å². The van der Waals surface area contributed by atoms with Crippen LogP contribution in [0.3, 0.4) is 0 Å². The van der Waals surface area contributed by atoms with E-state index in [1.54, 1.807) is 55.5 Å². The van der Waals surface area contributed by atoms with E-state index in [2.05, 4.69) is 10.2 Å². The molecule has 9 nitrogen and oxygen atoms in total. The topological polar surface area (TPSA) is 124 Å². The Balaban J connectivity index is 0.000000203. The number of alkyl halides is 6. The lowest BCUT2D eigenvalue weighted by molar-refractivity contribution is -0.142. The van der Waals surface area contributed by atoms with Crippen molar-refractivity contribution in [3.8, 4) is 53.4 Å². The van der Waals surface area contributed by atoms with Gasteiger partial charge in [0.05, 0.1) is 64.2 Å². The molecule has 4 heterocycles. The highest BCUT2D eigenvalue weighted by molar-refractivity contribution is 7.91. The van der Waals surface area contributed by atoms with Crippen LogP contribution >= 0.6 is 69.1 Å². The van der Waals surface area contributed by atoms with Gasteiger partial charge in [0.25, 0.3) is 0 Å². The zero-order valence-electron chi connectivity index (χ0n) is 34.8. The predicted octanol–water partition coefficient (Wildman–Crippen LogP) is 14.1. The largest absolute Gasteiger partial charge is 0.435 e. The van der Waals surface area contributed by atoms with Gasteiger partial charge < -0.3 is 5.11 Å². The highest BCUT2D eigenvalue weighted by Crippen LogP contribution is 2.42. The van der Waals surface area contributed by atoms with Crippen LogP contribution in [0.25, 0.3) is 53.4 Å². The van der Waals surface area contributed by atoms with Gasteiger partial charge in [-0.15, -0.1) is 22.7 Å². The molecule has 4 aromatic heterocycles. The highest BCUT2D eigenvalue weighted by atomic mass is 35.5. The van der Waals surface area contributed by atoms with Gasteiger partial charge in [-0.25, -0.2) is 26.2 Å². The van der Waals surface area contributed by atoms with Crippen LogP contribution in [-0.4, -0.2) is 59.6 Å². The number of aromatic nitrogens is 4. The average Bonchev–Trinajstić information content (AvgIpc) is 4.11. The molecule has 0 spiro atoms. The first-order valence-corrected chi connectivity index (χ1v) is 26.3. The summed E-state index contributed by atoms with van der Waals surface area (Å²) in [7, 11) is -7.13. The van der Waals surface area contributed by atoms with Crippen molar-refractivity contribution < 1.29 is 48.3 Å². The minimum atomic E-state index is -4.68. The summed E-state index contributed by atoms with van der Waals surface area (Å²) < 4.78 is 132. The molecule has 0 bridgehead atoms. The van der Waals surface area contributed by atoms with Gasteiger partial charge in [-0.3, -0.25) is 0 Å². The number of benzene rings is 4. The molecule has 23 heteroatoms. The van der Waals surface area contributed by atoms with Gasteiger partial charge in [-0.2, -0.15) is 36.5 Å². The minimum absolute atomic E-state index is 0.0533. The van der Waals surface area contributed by atoms with Crippen LogP contribution in [0.4, 0.5) is 26.3 Å². The first-order valence-electron chi connectivity index (χ1n) is 19.6. The molecule has 8 rings (SSSR count). The van der Waals surface area contributed by atoms with Crippen molar-refractivity contribution in [1.29, 1.82) is 0 Å². The molecule has 0 aliphatic rings. The van der Waals surface area contributed by atoms with Gasteiger partial charge in [0, 0.05) is 26.1 Å². The number of aliphatic hydroxyl groups excluding tert-OH is 1. The first-order chi connectivity index (χ1) is 31.8. The normalized spacial score (nSPS) is 12.8. The Hall–Kier alpha value is -4.70. The number of hydrogen-bond acceptors (Lipinski definition) is 9. The molecule has 1 N–H and O–H groups in total. The molecule has 0 saturated carbocycles. The second-order valence-corrected chi connectivity index (χ2v) is 22.7. The number of nitrogens with zero attached hydrogens (tertiary/aromatic N) is 4. The van der Waals surface area contributed by atoms with Crippen molar-refractivity contribution in [2.45, 2.75) is 41.6 Å². The van der Waals surface area contributed by atoms with E-state index >= 15 is 0 Å². The molecule has 0 aliphatic heterocycles. The molecular formula is C45H32Cl4F6N4O5S4. The van der Waals surface area contributed by atoms with Crippen molar-refractivity contribution in [2.24, 2.45) is 0 Å². The van der Waals surface area contributed by atoms with Crippen molar-refractivity contribution in [3.63, 3.8) is 0 Å². The molecule has 1 atom stereocenters. The number of thiophene rings is 2. The zero-order valence-corrected chi connectivity index (χ0v) is 41.1. The second kappa shape index (κ2) is 20.0. The molecule has 0 amide bonds. The maximum absolute atomic E-state index is 13.5. The summed E-state index contributed by atoms with van der Waals surface area (Å²) in [6.07, 6.45) is -8.91. The van der Waals surface area contributed by atoms with E-state index in [1.807, 2.05) is 0 Å². The van der Waals surface area contributed by atoms with E-state index in [0.717, 1.165) is 27.8 Å². The Bertz CT molecular complexity index is 3390. The molecule has 0 fully saturated rings. The third-order valence-corrected chi connectivity index (χ3v) is 16.2. The average molecular weight is 1090 g/mol. The highest BCUT2D eigenvalue weighted by Gasteiger charge is 2.37. The Kier molecular flexibility index (Phi) is 15.0. The Morgan fingerprint density at radius 1 is 0.588 bits per heavy atom. The number of hydrogen-bond donors (Lipinski definition) is 1. The fraction of sp³-hybridized carbons (Fsp3) is 0.156. The number of halogens is 10. The van der Waals surface area contributed by atoms with E-state index in [1.165, 1.54) is 83.3 Å². The van der Waals surface area contributed by atoms with Gasteiger partial charge in [-0.1, -0.05) is 77.6 Å². The Labute approximate surface area is 413 Å². The zero-order chi connectivity index (χ0) is 49.5. The summed E-state index contributed by atoms with van der Waals surface area (Å²) in [4.78, 5) is 2.47. The van der Waals surface area contributed by atoms with Crippen LogP contribution in [0.2, 0.25) is 20.1 Å². The lowest BCUT2D eigenvalue weighted by atomic mass is 10.2. The van der Waals surface area contributed by atoms with E-state index < -0.39 is 55.3 Å². The summed E-state index contributed by atoms with van der Waals surface area (Å²) >= 11 is 26.9. The molecule has 0 aliphatic carbocycles. The van der Waals surface area contributed by atoms with Crippen molar-refractivity contribution in [2.75, 3.05) is 12.0 Å². The smallest absolute Gasteiger partial charge is 0.392 e. The van der Waals surface area contributed by atoms with Gasteiger partial charge in [0.1, 0.15) is 0 Å². The molecule has 68 heavy (non-hydrogen) atoms. The van der Waals surface area contributed by atoms with Gasteiger partial charge in [0.15, 0.2) is 31.1 Å². The SMILES string of the molecule is CCC(O)CS(=O)(=O)c1cccc(-c2ccc(-c3cc(C(F)(F)F)nn3-c3cc(Cl)ccc3Cl)s2)c1.CS(=O)(=O)c1cccc(-c2ccc(-c3cc(C(F)(F)F)nn3-c3cc(Cl)ccc3Cl)s2)c1. The van der Waals surface area contributed by atoms with Crippen molar-refractivity contribution >= 4 is 88.8 Å². The van der Waals surface area contributed by atoms with Crippen LogP contribution < -0.4 is 0 Å². The first kappa shape index (κ1) is 51.2. The molecule has 0 saturated heterocycles. The third kappa shape index (κ3) is 11.7. The van der Waals surface area contributed by atoms with Gasteiger partial charge in [-0.05, 0) is 115 Å². The standard InChI is InChI=1S/C24H19Cl2F3N2O3S2.C21H13Cl2F3N2O2S2/c1-2-16(32)13-36(33,34)17-5-3-4-14(10-17)21-8-9-22(35-21)20-12-23(24(27,28)29)30-31(20)19-11-15(25)6-7-18(19)26;1-32(29,30)14-4-2-3-12(9-14)18-7-8-19(31-18)17-11-20(21(24,25)26)27-28(17)16-10-13(22)5-6-15(16)23/h3-12,16,32H,2,13H2,1H3;2-11H,1H3. The molecule has 4 aromatic carbocycles. The quantitative estimate of drug-likeness (QED) is 0.128. The summed E-state index contributed by atoms with van der Waals surface area (Å²) in [6, 6.07) is 30.0. The van der Waals surface area contributed by atoms with Crippen LogP contribution in [-0.2, 0) is 32.0 Å². The van der Waals surface area contributed by atoms with Crippen molar-refractivity contribution in [3.05, 3.63) is 153 Å². The van der Waals surface area contributed by atoms with Crippen molar-refractivity contribution in [1.82, 2.24) is 19.6 Å². The molecule has 356 valence electrons. The molecule has 8 aromatic rings. The second-order valence-electron chi connectivity index (χ2n) is 14.8. The van der Waals surface area contributed by atoms with E-state index in [4.69, 9.17) is 46.4 Å². The fourth-order valence-corrected chi connectivity index (χ4v) is 11.4. The maximum Gasteiger partial charge on any atom is 0.435 e. The summed E-state index contributed by atoms with van der Waals surface area (Å²) in [6.45, 7) is 1.69. The van der Waals surface area contributed by atoms with Gasteiger partial charge in [0.2, 0.25) is 0 Å². The Morgan fingerprint density at radius 3 is 1.41 bits per heavy atom. The lowest BCUT2D eigenvalue weighted by Gasteiger charge is -2.10. The summed E-state index contributed by atoms with van der Waals surface area (Å²) in [5.41, 5.74) is -0.239. The van der Waals surface area contributed by atoms with E-state index in [-0.39, 0.29) is 47.6 Å². The van der Waals surface area contributed by atoms with Gasteiger partial charge >= 0.3 is 12.4 Å². The van der Waals surface area contributed by atoms with Crippen LogP contribution in [0, 0.1) is 0 Å². The molecular weight excluding hydrogens is 1060 g/mol. The third-order valence-electron chi connectivity index (χ3n) is 9.90. The molecule has 1 unspecified atom stereocenters. The lowest BCUT2D eigenvalue weighted by Crippen LogP contribution is -2.20.